The van der Waals surface area contributed by atoms with Crippen LogP contribution in [0.1, 0.15) is 62.5 Å². The van der Waals surface area contributed by atoms with E-state index < -0.39 is 35.6 Å². The van der Waals surface area contributed by atoms with Crippen molar-refractivity contribution in [2.75, 3.05) is 31.2 Å². The molecule has 2 amide bonds. The Balaban J connectivity index is 1.68. The third-order valence-corrected chi connectivity index (χ3v) is 8.70. The van der Waals surface area contributed by atoms with Gasteiger partial charge in [-0.3, -0.25) is 14.4 Å². The Hall–Kier alpha value is -2.97. The number of benzene rings is 1. The highest BCUT2D eigenvalue weighted by atomic mass is 16.6. The first kappa shape index (κ1) is 30.0. The maximum absolute atomic E-state index is 14.6. The van der Waals surface area contributed by atoms with Crippen molar-refractivity contribution in [3.63, 3.8) is 0 Å². The molecule has 3 heterocycles. The third-order valence-electron chi connectivity index (χ3n) is 8.70. The zero-order valence-corrected chi connectivity index (χ0v) is 24.0. The van der Waals surface area contributed by atoms with Crippen molar-refractivity contribution >= 4 is 23.5 Å². The molecule has 3 fully saturated rings. The Morgan fingerprint density at radius 2 is 1.88 bits per heavy atom. The molecule has 0 radical (unpaired) electrons. The molecular formula is C32H44N2O6. The summed E-state index contributed by atoms with van der Waals surface area (Å²) in [4.78, 5) is 45.5. The molecule has 1 N–H and O–H groups in total. The molecule has 0 saturated carbocycles. The van der Waals surface area contributed by atoms with E-state index in [9.17, 15) is 14.4 Å². The summed E-state index contributed by atoms with van der Waals surface area (Å²) in [5.74, 6) is -2.27. The fourth-order valence-corrected chi connectivity index (χ4v) is 6.98. The van der Waals surface area contributed by atoms with Crippen LogP contribution in [0.15, 0.2) is 43.5 Å². The summed E-state index contributed by atoms with van der Waals surface area (Å²) < 4.78 is 12.2. The first-order chi connectivity index (χ1) is 19.3. The molecule has 4 rings (SSSR count). The second kappa shape index (κ2) is 13.1. The SMILES string of the molecule is C=CCCCOC(=O)[C@@H]1[C@H]2C(=O)N(CCCCCCO)C(C(=O)N(CC=C)c3c(C)cccc3C)C23CC[C@H]1O3. The molecule has 8 nitrogen and oxygen atoms in total. The van der Waals surface area contributed by atoms with Crippen LogP contribution in [0.5, 0.6) is 0 Å². The van der Waals surface area contributed by atoms with Gasteiger partial charge in [-0.15, -0.1) is 13.2 Å². The number of anilines is 1. The first-order valence-corrected chi connectivity index (χ1v) is 14.7. The number of fused-ring (bicyclic) bond motifs is 1. The number of aliphatic hydroxyl groups is 1. The number of para-hydroxylation sites is 1. The fraction of sp³-hybridized carbons (Fsp3) is 0.594. The standard InChI is InChI=1S/C32H44N2O6/c1-5-7-12-21-39-31(38)25-24-16-17-32(40-24)26(25)29(36)34(19-10-8-9-11-20-35)28(32)30(37)33(18-6-2)27-22(3)14-13-15-23(27)4/h5-6,13-15,24-26,28,35H,1-2,7-12,16-21H2,3-4H3/t24-,25+,26+,28?,32?/m1/s1. The molecule has 8 heteroatoms. The number of carbonyl (C=O) groups is 3. The number of aryl methyl sites for hydroxylation is 2. The highest BCUT2D eigenvalue weighted by Crippen LogP contribution is 2.59. The van der Waals surface area contributed by atoms with E-state index in [0.29, 0.717) is 45.2 Å². The summed E-state index contributed by atoms with van der Waals surface area (Å²) in [6.45, 7) is 12.6. The van der Waals surface area contributed by atoms with E-state index in [1.807, 2.05) is 32.0 Å². The number of rotatable bonds is 15. The van der Waals surface area contributed by atoms with Gasteiger partial charge in [0.1, 0.15) is 11.6 Å². The number of likely N-dealkylation sites (tertiary alicyclic amines) is 1. The van der Waals surface area contributed by atoms with Crippen LogP contribution in [0.25, 0.3) is 0 Å². The molecule has 1 aromatic carbocycles. The molecule has 2 unspecified atom stereocenters. The summed E-state index contributed by atoms with van der Waals surface area (Å²) in [6, 6.07) is 5.07. The molecule has 3 saturated heterocycles. The molecule has 3 aliphatic heterocycles. The number of nitrogens with zero attached hydrogens (tertiary/aromatic N) is 2. The maximum atomic E-state index is 14.6. The Bertz CT molecular complexity index is 1100. The van der Waals surface area contributed by atoms with Gasteiger partial charge in [0.15, 0.2) is 0 Å². The van der Waals surface area contributed by atoms with Crippen LogP contribution in [0.2, 0.25) is 0 Å². The number of amides is 2. The molecule has 2 bridgehead atoms. The lowest BCUT2D eigenvalue weighted by molar-refractivity contribution is -0.155. The summed E-state index contributed by atoms with van der Waals surface area (Å²) >= 11 is 0. The molecule has 0 aliphatic carbocycles. The van der Waals surface area contributed by atoms with Gasteiger partial charge in [0, 0.05) is 25.4 Å². The van der Waals surface area contributed by atoms with Crippen LogP contribution >= 0.6 is 0 Å². The van der Waals surface area contributed by atoms with Crippen molar-refractivity contribution in [1.29, 1.82) is 0 Å². The third kappa shape index (κ3) is 5.48. The smallest absolute Gasteiger partial charge is 0.312 e. The highest BCUT2D eigenvalue weighted by Gasteiger charge is 2.75. The zero-order chi connectivity index (χ0) is 28.9. The highest BCUT2D eigenvalue weighted by molar-refractivity contribution is 6.05. The predicted molar refractivity (Wildman–Crippen MR) is 154 cm³/mol. The molecule has 1 spiro atoms. The fourth-order valence-electron chi connectivity index (χ4n) is 6.98. The van der Waals surface area contributed by atoms with Crippen LogP contribution in [-0.2, 0) is 23.9 Å². The average molecular weight is 553 g/mol. The van der Waals surface area contributed by atoms with Crippen LogP contribution in [0, 0.1) is 25.7 Å². The number of esters is 1. The Morgan fingerprint density at radius 3 is 2.55 bits per heavy atom. The average Bonchev–Trinajstić information content (AvgIpc) is 3.57. The molecular weight excluding hydrogens is 508 g/mol. The van der Waals surface area contributed by atoms with E-state index in [1.165, 1.54) is 0 Å². The molecule has 218 valence electrons. The number of hydrogen-bond acceptors (Lipinski definition) is 6. The van der Waals surface area contributed by atoms with Crippen LogP contribution in [0.3, 0.4) is 0 Å². The van der Waals surface area contributed by atoms with Crippen molar-refractivity contribution in [2.45, 2.75) is 83.0 Å². The van der Waals surface area contributed by atoms with Crippen LogP contribution in [0.4, 0.5) is 5.69 Å². The second-order valence-corrected chi connectivity index (χ2v) is 11.3. The van der Waals surface area contributed by atoms with Gasteiger partial charge in [0.2, 0.25) is 5.91 Å². The molecule has 0 aromatic heterocycles. The van der Waals surface area contributed by atoms with Gasteiger partial charge in [-0.25, -0.2) is 0 Å². The number of hydrogen-bond donors (Lipinski definition) is 1. The van der Waals surface area contributed by atoms with E-state index >= 15 is 0 Å². The van der Waals surface area contributed by atoms with E-state index in [4.69, 9.17) is 14.6 Å². The number of ether oxygens (including phenoxy) is 2. The van der Waals surface area contributed by atoms with E-state index in [-0.39, 0.29) is 25.0 Å². The lowest BCUT2D eigenvalue weighted by atomic mass is 9.70. The van der Waals surface area contributed by atoms with Crippen molar-refractivity contribution in [3.8, 4) is 0 Å². The van der Waals surface area contributed by atoms with Gasteiger partial charge in [0.25, 0.3) is 5.91 Å². The van der Waals surface area contributed by atoms with Gasteiger partial charge >= 0.3 is 5.97 Å². The number of unbranched alkanes of at least 4 members (excludes halogenated alkanes) is 4. The van der Waals surface area contributed by atoms with Gasteiger partial charge < -0.3 is 24.4 Å². The minimum atomic E-state index is -1.06. The van der Waals surface area contributed by atoms with E-state index in [1.54, 1.807) is 22.0 Å². The summed E-state index contributed by atoms with van der Waals surface area (Å²) in [7, 11) is 0. The Labute approximate surface area is 238 Å². The van der Waals surface area contributed by atoms with E-state index in [2.05, 4.69) is 13.2 Å². The maximum Gasteiger partial charge on any atom is 0.312 e. The van der Waals surface area contributed by atoms with Gasteiger partial charge in [-0.05, 0) is 63.5 Å². The monoisotopic (exact) mass is 552 g/mol. The minimum Gasteiger partial charge on any atom is -0.465 e. The molecule has 1 aromatic rings. The van der Waals surface area contributed by atoms with Gasteiger partial charge in [-0.2, -0.15) is 0 Å². The molecule has 5 atom stereocenters. The van der Waals surface area contributed by atoms with Crippen molar-refractivity contribution in [2.24, 2.45) is 11.8 Å². The largest absolute Gasteiger partial charge is 0.465 e. The number of allylic oxidation sites excluding steroid dienone is 1. The van der Waals surface area contributed by atoms with Gasteiger partial charge in [0.05, 0.1) is 24.5 Å². The predicted octanol–water partition coefficient (Wildman–Crippen LogP) is 4.26. The lowest BCUT2D eigenvalue weighted by Crippen LogP contribution is -2.56. The van der Waals surface area contributed by atoms with Crippen molar-refractivity contribution in [3.05, 3.63) is 54.6 Å². The zero-order valence-electron chi connectivity index (χ0n) is 24.0. The van der Waals surface area contributed by atoms with Crippen molar-refractivity contribution in [1.82, 2.24) is 4.90 Å². The second-order valence-electron chi connectivity index (χ2n) is 11.3. The topological polar surface area (TPSA) is 96.4 Å². The van der Waals surface area contributed by atoms with Gasteiger partial charge in [-0.1, -0.05) is 43.2 Å². The van der Waals surface area contributed by atoms with Crippen molar-refractivity contribution < 1.29 is 29.0 Å². The number of aliphatic hydroxyl groups excluding tert-OH is 1. The summed E-state index contributed by atoms with van der Waals surface area (Å²) in [5, 5.41) is 9.16. The summed E-state index contributed by atoms with van der Waals surface area (Å²) in [6.07, 6.45) is 8.67. The quantitative estimate of drug-likeness (QED) is 0.198. The van der Waals surface area contributed by atoms with Crippen LogP contribution in [-0.4, -0.2) is 71.8 Å². The minimum absolute atomic E-state index is 0.132. The normalized spacial score (nSPS) is 26.6. The van der Waals surface area contributed by atoms with Crippen LogP contribution < -0.4 is 4.90 Å². The Kier molecular flexibility index (Phi) is 9.85. The lowest BCUT2D eigenvalue weighted by Gasteiger charge is -2.37. The molecule has 3 aliphatic rings. The Morgan fingerprint density at radius 1 is 1.15 bits per heavy atom. The summed E-state index contributed by atoms with van der Waals surface area (Å²) in [5.41, 5.74) is 1.67. The number of carbonyl (C=O) groups excluding carboxylic acids is 3. The molecule has 40 heavy (non-hydrogen) atoms. The first-order valence-electron chi connectivity index (χ1n) is 14.7. The van der Waals surface area contributed by atoms with E-state index in [0.717, 1.165) is 36.1 Å².